The third kappa shape index (κ3) is 7.98. The first-order valence-corrected chi connectivity index (χ1v) is 19.0. The molecule has 6 amide bonds. The van der Waals surface area contributed by atoms with E-state index in [4.69, 9.17) is 0 Å². The molecule has 4 aliphatic rings. The summed E-state index contributed by atoms with van der Waals surface area (Å²) < 4.78 is 27.7. The molecule has 15 heteroatoms. The fourth-order valence-corrected chi connectivity index (χ4v) is 8.26. The average molecular weight is 710 g/mol. The Bertz CT molecular complexity index is 1780. The van der Waals surface area contributed by atoms with Gasteiger partial charge in [0, 0.05) is 34.9 Å². The molecule has 1 saturated heterocycles. The minimum atomic E-state index is -3.88. The van der Waals surface area contributed by atoms with Crippen LogP contribution in [-0.4, -0.2) is 89.0 Å². The summed E-state index contributed by atoms with van der Waals surface area (Å²) in [5.74, 6) is -2.75. The third-order valence-corrected chi connectivity index (χ3v) is 11.6. The van der Waals surface area contributed by atoms with Crippen LogP contribution in [-0.2, 0) is 24.4 Å². The number of hydrogen-bond acceptors (Lipinski definition) is 7. The lowest BCUT2D eigenvalue weighted by atomic mass is 10.0. The van der Waals surface area contributed by atoms with E-state index in [1.165, 1.54) is 4.90 Å². The number of carbonyl (C=O) groups is 5. The summed E-state index contributed by atoms with van der Waals surface area (Å²) in [5.41, 5.74) is -0.949. The number of aromatic nitrogens is 1. The van der Waals surface area contributed by atoms with Crippen molar-refractivity contribution < 1.29 is 32.4 Å². The highest BCUT2D eigenvalue weighted by atomic mass is 32.2. The molecule has 1 aromatic heterocycles. The van der Waals surface area contributed by atoms with Crippen molar-refractivity contribution in [3.05, 3.63) is 48.2 Å². The molecule has 270 valence electrons. The van der Waals surface area contributed by atoms with E-state index in [9.17, 15) is 32.4 Å². The minimum Gasteiger partial charge on any atom is -0.351 e. The molecular weight excluding hydrogens is 662 g/mol. The molecule has 0 radical (unpaired) electrons. The highest BCUT2D eigenvalue weighted by Crippen LogP contribution is 2.46. The van der Waals surface area contributed by atoms with E-state index in [0.717, 1.165) is 23.7 Å². The predicted octanol–water partition coefficient (Wildman–Crippen LogP) is 2.34. The molecule has 0 spiro atoms. The lowest BCUT2D eigenvalue weighted by Gasteiger charge is -2.31. The van der Waals surface area contributed by atoms with Crippen molar-refractivity contribution in [1.29, 1.82) is 0 Å². The molecule has 0 bridgehead atoms. The molecule has 14 nitrogen and oxygen atoms in total. The van der Waals surface area contributed by atoms with Gasteiger partial charge < -0.3 is 31.2 Å². The number of nitrogens with one attached hydrogen (secondary N) is 6. The monoisotopic (exact) mass is 709 g/mol. The van der Waals surface area contributed by atoms with E-state index in [2.05, 4.69) is 31.0 Å². The Hall–Kier alpha value is -4.40. The van der Waals surface area contributed by atoms with Crippen LogP contribution in [0.2, 0.25) is 0 Å². The van der Waals surface area contributed by atoms with Gasteiger partial charge >= 0.3 is 6.03 Å². The number of carbonyl (C=O) groups excluding carboxylic acids is 5. The second kappa shape index (κ2) is 13.7. The van der Waals surface area contributed by atoms with Crippen LogP contribution in [0.3, 0.4) is 0 Å². The number of hydrogen-bond donors (Lipinski definition) is 6. The van der Waals surface area contributed by atoms with Gasteiger partial charge in [0.1, 0.15) is 23.3 Å². The number of sulfonamides is 1. The van der Waals surface area contributed by atoms with Crippen LogP contribution in [0.25, 0.3) is 10.9 Å². The number of amides is 6. The number of aromatic amines is 1. The Kier molecular flexibility index (Phi) is 9.72. The maximum absolute atomic E-state index is 14.3. The molecule has 2 saturated carbocycles. The van der Waals surface area contributed by atoms with Crippen molar-refractivity contribution in [2.45, 2.75) is 113 Å². The highest BCUT2D eigenvalue weighted by Gasteiger charge is 2.62. The summed E-state index contributed by atoms with van der Waals surface area (Å²) in [7, 11) is -3.88. The SMILES string of the molecule is CC(C)(C)NC(=O)N[C@H]1CCCCCC=C[C@@H]2C[C@@]2(C(=O)NS(=O)(=O)C2CC2)NC(=O)[C@@H]2C[C@@H](NC(=O)c3cc4ccccc4[nH]3)CN2C1=O. The van der Waals surface area contributed by atoms with Crippen molar-refractivity contribution in [1.82, 2.24) is 35.9 Å². The molecule has 2 aliphatic carbocycles. The van der Waals surface area contributed by atoms with E-state index >= 15 is 0 Å². The quantitative estimate of drug-likeness (QED) is 0.247. The summed E-state index contributed by atoms with van der Waals surface area (Å²) in [6.07, 6.45) is 8.24. The molecule has 5 atom stereocenters. The number of H-pyrrole nitrogens is 1. The Balaban J connectivity index is 1.27. The van der Waals surface area contributed by atoms with Crippen LogP contribution >= 0.6 is 0 Å². The lowest BCUT2D eigenvalue weighted by molar-refractivity contribution is -0.141. The van der Waals surface area contributed by atoms with Gasteiger partial charge in [0.15, 0.2) is 0 Å². The smallest absolute Gasteiger partial charge is 0.315 e. The number of allylic oxidation sites excluding steroid dienone is 1. The summed E-state index contributed by atoms with van der Waals surface area (Å²) in [5, 5.41) is 11.7. The van der Waals surface area contributed by atoms with Crippen molar-refractivity contribution in [2.24, 2.45) is 5.92 Å². The predicted molar refractivity (Wildman–Crippen MR) is 186 cm³/mol. The largest absolute Gasteiger partial charge is 0.351 e. The van der Waals surface area contributed by atoms with Crippen molar-refractivity contribution in [2.75, 3.05) is 6.54 Å². The molecule has 0 unspecified atom stereocenters. The zero-order valence-corrected chi connectivity index (χ0v) is 29.5. The summed E-state index contributed by atoms with van der Waals surface area (Å²) in [6, 6.07) is 5.97. The van der Waals surface area contributed by atoms with Gasteiger partial charge in [-0.15, -0.1) is 0 Å². The number of rotatable bonds is 6. The van der Waals surface area contributed by atoms with E-state index < -0.39 is 80.1 Å². The van der Waals surface area contributed by atoms with Gasteiger partial charge in [-0.2, -0.15) is 0 Å². The standard InChI is InChI=1S/C35H47N7O7S/c1-34(2,3)40-33(47)38-26-14-8-6-4-5-7-12-22-19-35(22,32(46)41-50(48,49)24-15-16-24)39-30(44)28-18-23(20-42(28)31(26)45)36-29(43)27-17-21-11-9-10-13-25(21)37-27/h7,9-13,17,22-24,26,28,37H,4-6,8,14-16,18-20H2,1-3H3,(H,36,43)(H,39,44)(H,41,46)(H2,38,40,47)/t22-,23-,26+,28+,35-/m1/s1. The Morgan fingerprint density at radius 2 is 1.76 bits per heavy atom. The minimum absolute atomic E-state index is 0.0133. The number of para-hydroxylation sites is 1. The van der Waals surface area contributed by atoms with Crippen LogP contribution in [0, 0.1) is 5.92 Å². The molecule has 6 rings (SSSR count). The Labute approximate surface area is 292 Å². The van der Waals surface area contributed by atoms with E-state index in [1.54, 1.807) is 6.07 Å². The molecule has 3 fully saturated rings. The molecule has 3 heterocycles. The fourth-order valence-electron chi connectivity index (χ4n) is 6.90. The van der Waals surface area contributed by atoms with Gasteiger partial charge in [0.2, 0.25) is 21.8 Å². The van der Waals surface area contributed by atoms with E-state index in [1.807, 2.05) is 57.2 Å². The zero-order chi connectivity index (χ0) is 35.8. The van der Waals surface area contributed by atoms with Crippen LogP contribution < -0.4 is 26.0 Å². The molecule has 6 N–H and O–H groups in total. The van der Waals surface area contributed by atoms with Gasteiger partial charge in [-0.05, 0) is 77.8 Å². The Morgan fingerprint density at radius 3 is 2.48 bits per heavy atom. The first-order valence-electron chi connectivity index (χ1n) is 17.5. The summed E-state index contributed by atoms with van der Waals surface area (Å²) in [4.78, 5) is 73.0. The molecule has 50 heavy (non-hydrogen) atoms. The van der Waals surface area contributed by atoms with Gasteiger partial charge in [0.25, 0.3) is 11.8 Å². The maximum Gasteiger partial charge on any atom is 0.315 e. The van der Waals surface area contributed by atoms with Gasteiger partial charge in [-0.25, -0.2) is 13.2 Å². The van der Waals surface area contributed by atoms with Crippen molar-refractivity contribution in [3.63, 3.8) is 0 Å². The van der Waals surface area contributed by atoms with Gasteiger partial charge in [0.05, 0.1) is 5.25 Å². The molecule has 2 aliphatic heterocycles. The van der Waals surface area contributed by atoms with E-state index in [0.29, 0.717) is 37.8 Å². The highest BCUT2D eigenvalue weighted by molar-refractivity contribution is 7.91. The van der Waals surface area contributed by atoms with Crippen LogP contribution in [0.1, 0.15) is 89.0 Å². The Morgan fingerprint density at radius 1 is 1.00 bits per heavy atom. The molecular formula is C35H47N7O7S. The maximum atomic E-state index is 14.3. The van der Waals surface area contributed by atoms with Crippen molar-refractivity contribution >= 4 is 50.6 Å². The number of urea groups is 1. The summed E-state index contributed by atoms with van der Waals surface area (Å²) in [6.45, 7) is 5.46. The normalized spacial score (nSPS) is 27.6. The fraction of sp³-hybridized carbons (Fsp3) is 0.571. The third-order valence-electron chi connectivity index (χ3n) is 9.78. The zero-order valence-electron chi connectivity index (χ0n) is 28.7. The first kappa shape index (κ1) is 35.4. The first-order chi connectivity index (χ1) is 23.6. The number of benzene rings is 1. The van der Waals surface area contributed by atoms with Gasteiger partial charge in [-0.3, -0.25) is 23.9 Å². The number of fused-ring (bicyclic) bond motifs is 3. The number of nitrogens with zero attached hydrogens (tertiary/aromatic N) is 1. The topological polar surface area (TPSA) is 199 Å². The molecule has 1 aromatic carbocycles. The van der Waals surface area contributed by atoms with Crippen LogP contribution in [0.5, 0.6) is 0 Å². The van der Waals surface area contributed by atoms with Crippen LogP contribution in [0.4, 0.5) is 4.79 Å². The summed E-state index contributed by atoms with van der Waals surface area (Å²) >= 11 is 0. The van der Waals surface area contributed by atoms with E-state index in [-0.39, 0.29) is 19.4 Å². The molecule has 2 aromatic rings. The second-order valence-electron chi connectivity index (χ2n) is 15.1. The van der Waals surface area contributed by atoms with Crippen LogP contribution in [0.15, 0.2) is 42.5 Å². The van der Waals surface area contributed by atoms with Crippen molar-refractivity contribution in [3.8, 4) is 0 Å². The second-order valence-corrected chi connectivity index (χ2v) is 17.1. The van der Waals surface area contributed by atoms with Gasteiger partial charge in [-0.1, -0.05) is 43.2 Å². The lowest BCUT2D eigenvalue weighted by Crippen LogP contribution is -2.59. The average Bonchev–Trinajstić information content (AvgIpc) is 3.92.